The molecule has 0 radical (unpaired) electrons. The molecule has 1 saturated carbocycles. The molecule has 0 amide bonds. The molecule has 5 heteroatoms. The average Bonchev–Trinajstić information content (AvgIpc) is 2.59. The molecule has 0 aromatic carbocycles. The quantitative estimate of drug-likeness (QED) is 0.860. The second kappa shape index (κ2) is 3.55. The molecule has 0 unspecified atom stereocenters. The number of aryl methyl sites for hydroxylation is 1. The lowest BCUT2D eigenvalue weighted by molar-refractivity contribution is 0.0664. The van der Waals surface area contributed by atoms with Gasteiger partial charge in [0, 0.05) is 12.0 Å². The Kier molecular flexibility index (Phi) is 2.14. The van der Waals surface area contributed by atoms with Crippen LogP contribution in [0.5, 0.6) is 0 Å². The van der Waals surface area contributed by atoms with Gasteiger partial charge in [0.2, 0.25) is 11.5 Å². The Morgan fingerprint density at radius 2 is 2.24 bits per heavy atom. The molecule has 2 heterocycles. The van der Waals surface area contributed by atoms with Gasteiger partial charge in [-0.2, -0.15) is 4.98 Å². The van der Waals surface area contributed by atoms with Crippen molar-refractivity contribution in [3.05, 3.63) is 23.3 Å². The van der Waals surface area contributed by atoms with Gasteiger partial charge in [-0.25, -0.2) is 9.78 Å². The van der Waals surface area contributed by atoms with E-state index in [2.05, 4.69) is 9.97 Å². The van der Waals surface area contributed by atoms with Gasteiger partial charge in [-0.05, 0) is 19.8 Å². The van der Waals surface area contributed by atoms with Crippen LogP contribution in [-0.2, 0) is 0 Å². The van der Waals surface area contributed by atoms with Gasteiger partial charge in [0.1, 0.15) is 5.82 Å². The number of fused-ring (bicyclic) bond motifs is 1. The number of furan rings is 1. The number of aromatic carboxylic acids is 1. The first-order valence-electron chi connectivity index (χ1n) is 5.66. The topological polar surface area (TPSA) is 76.2 Å². The van der Waals surface area contributed by atoms with Crippen LogP contribution in [0.15, 0.2) is 10.5 Å². The molecule has 17 heavy (non-hydrogen) atoms. The van der Waals surface area contributed by atoms with Crippen molar-refractivity contribution in [1.29, 1.82) is 0 Å². The molecule has 2 aromatic heterocycles. The fraction of sp³-hybridized carbons (Fsp3) is 0.417. The van der Waals surface area contributed by atoms with Crippen molar-refractivity contribution >= 4 is 17.1 Å². The summed E-state index contributed by atoms with van der Waals surface area (Å²) in [7, 11) is 0. The zero-order chi connectivity index (χ0) is 12.0. The van der Waals surface area contributed by atoms with Gasteiger partial charge in [0.25, 0.3) is 0 Å². The number of nitrogens with zero attached hydrogens (tertiary/aromatic N) is 2. The van der Waals surface area contributed by atoms with Crippen molar-refractivity contribution < 1.29 is 14.3 Å². The van der Waals surface area contributed by atoms with Crippen molar-refractivity contribution in [3.63, 3.8) is 0 Å². The smallest absolute Gasteiger partial charge is 0.371 e. The molecule has 5 nitrogen and oxygen atoms in total. The number of hydrogen-bond acceptors (Lipinski definition) is 4. The van der Waals surface area contributed by atoms with Gasteiger partial charge in [0.15, 0.2) is 0 Å². The molecular weight excluding hydrogens is 220 g/mol. The van der Waals surface area contributed by atoms with Gasteiger partial charge in [0.05, 0.1) is 11.1 Å². The van der Waals surface area contributed by atoms with Crippen LogP contribution < -0.4 is 0 Å². The zero-order valence-electron chi connectivity index (χ0n) is 9.43. The van der Waals surface area contributed by atoms with Crippen LogP contribution in [-0.4, -0.2) is 21.0 Å². The SMILES string of the molecule is Cc1nc(C2CCC2)nc2oc(C(=O)O)cc12. The van der Waals surface area contributed by atoms with Crippen LogP contribution in [0.3, 0.4) is 0 Å². The lowest BCUT2D eigenvalue weighted by atomic mass is 9.85. The third-order valence-corrected chi connectivity index (χ3v) is 3.28. The lowest BCUT2D eigenvalue weighted by Gasteiger charge is -2.23. The molecule has 2 aromatic rings. The normalized spacial score (nSPS) is 16.1. The Morgan fingerprint density at radius 1 is 1.47 bits per heavy atom. The maximum Gasteiger partial charge on any atom is 0.371 e. The van der Waals surface area contributed by atoms with Gasteiger partial charge in [-0.3, -0.25) is 0 Å². The predicted octanol–water partition coefficient (Wildman–Crippen LogP) is 2.50. The Labute approximate surface area is 97.5 Å². The summed E-state index contributed by atoms with van der Waals surface area (Å²) in [6.45, 7) is 1.85. The van der Waals surface area contributed by atoms with E-state index >= 15 is 0 Å². The number of rotatable bonds is 2. The summed E-state index contributed by atoms with van der Waals surface area (Å²) in [5.41, 5.74) is 1.17. The van der Waals surface area contributed by atoms with Crippen LogP contribution in [0.4, 0.5) is 0 Å². The van der Waals surface area contributed by atoms with Crippen LogP contribution in [0.25, 0.3) is 11.1 Å². The highest BCUT2D eigenvalue weighted by atomic mass is 16.4. The first-order chi connectivity index (χ1) is 8.15. The van der Waals surface area contributed by atoms with E-state index in [9.17, 15) is 4.79 Å². The summed E-state index contributed by atoms with van der Waals surface area (Å²) in [6.07, 6.45) is 3.43. The first kappa shape index (κ1) is 10.3. The van der Waals surface area contributed by atoms with Crippen molar-refractivity contribution in [1.82, 2.24) is 9.97 Å². The minimum Gasteiger partial charge on any atom is -0.475 e. The molecule has 1 aliphatic rings. The van der Waals surface area contributed by atoms with E-state index in [1.54, 1.807) is 0 Å². The first-order valence-corrected chi connectivity index (χ1v) is 5.66. The molecule has 0 aliphatic heterocycles. The van der Waals surface area contributed by atoms with E-state index in [4.69, 9.17) is 9.52 Å². The number of hydrogen-bond donors (Lipinski definition) is 1. The Bertz CT molecular complexity index is 599. The lowest BCUT2D eigenvalue weighted by Crippen LogP contribution is -2.13. The molecule has 1 N–H and O–H groups in total. The molecular formula is C12H12N2O3. The molecule has 88 valence electrons. The Morgan fingerprint density at radius 3 is 2.82 bits per heavy atom. The molecule has 0 bridgehead atoms. The van der Waals surface area contributed by atoms with Crippen LogP contribution in [0, 0.1) is 6.92 Å². The Balaban J connectivity index is 2.14. The maximum absolute atomic E-state index is 10.8. The predicted molar refractivity (Wildman–Crippen MR) is 60.1 cm³/mol. The van der Waals surface area contributed by atoms with Crippen molar-refractivity contribution in [3.8, 4) is 0 Å². The fourth-order valence-corrected chi connectivity index (χ4v) is 2.04. The molecule has 1 fully saturated rings. The van der Waals surface area contributed by atoms with Gasteiger partial charge in [-0.1, -0.05) is 6.42 Å². The summed E-state index contributed by atoms with van der Waals surface area (Å²) in [4.78, 5) is 19.6. The second-order valence-electron chi connectivity index (χ2n) is 4.43. The van der Waals surface area contributed by atoms with E-state index in [0.29, 0.717) is 17.0 Å². The highest BCUT2D eigenvalue weighted by Gasteiger charge is 2.24. The summed E-state index contributed by atoms with van der Waals surface area (Å²) in [5.74, 6) is 0.0415. The summed E-state index contributed by atoms with van der Waals surface area (Å²) in [6, 6.07) is 1.48. The molecule has 0 spiro atoms. The minimum atomic E-state index is -1.08. The molecule has 3 rings (SSSR count). The third kappa shape index (κ3) is 1.58. The van der Waals surface area contributed by atoms with E-state index in [1.807, 2.05) is 6.92 Å². The standard InChI is InChI=1S/C12H12N2O3/c1-6-8-5-9(12(15)16)17-11(8)14-10(13-6)7-3-2-4-7/h5,7H,2-4H2,1H3,(H,15,16). The van der Waals surface area contributed by atoms with Gasteiger partial charge in [-0.15, -0.1) is 0 Å². The van der Waals surface area contributed by atoms with Crippen molar-refractivity contribution in [2.45, 2.75) is 32.1 Å². The second-order valence-corrected chi connectivity index (χ2v) is 4.43. The van der Waals surface area contributed by atoms with E-state index in [0.717, 1.165) is 24.4 Å². The maximum atomic E-state index is 10.8. The zero-order valence-corrected chi connectivity index (χ0v) is 9.43. The average molecular weight is 232 g/mol. The summed E-state index contributed by atoms with van der Waals surface area (Å²) < 4.78 is 5.22. The van der Waals surface area contributed by atoms with Gasteiger partial charge >= 0.3 is 5.97 Å². The monoisotopic (exact) mass is 232 g/mol. The number of carboxylic acids is 1. The van der Waals surface area contributed by atoms with Crippen LogP contribution in [0.1, 0.15) is 47.3 Å². The van der Waals surface area contributed by atoms with Crippen LogP contribution >= 0.6 is 0 Å². The largest absolute Gasteiger partial charge is 0.475 e. The minimum absolute atomic E-state index is 0.0804. The van der Waals surface area contributed by atoms with Crippen molar-refractivity contribution in [2.24, 2.45) is 0 Å². The van der Waals surface area contributed by atoms with Gasteiger partial charge < -0.3 is 9.52 Å². The highest BCUT2D eigenvalue weighted by Crippen LogP contribution is 2.35. The number of aromatic nitrogens is 2. The highest BCUT2D eigenvalue weighted by molar-refractivity contribution is 5.90. The molecule has 0 saturated heterocycles. The molecule has 1 aliphatic carbocycles. The Hall–Kier alpha value is -1.91. The third-order valence-electron chi connectivity index (χ3n) is 3.28. The summed E-state index contributed by atoms with van der Waals surface area (Å²) >= 11 is 0. The summed E-state index contributed by atoms with van der Waals surface area (Å²) in [5, 5.41) is 9.56. The van der Waals surface area contributed by atoms with E-state index < -0.39 is 5.97 Å². The fourth-order valence-electron chi connectivity index (χ4n) is 2.04. The van der Waals surface area contributed by atoms with Crippen molar-refractivity contribution in [2.75, 3.05) is 0 Å². The number of carbonyl (C=O) groups is 1. The number of carboxylic acid groups (broad SMARTS) is 1. The van der Waals surface area contributed by atoms with E-state index in [1.165, 1.54) is 12.5 Å². The van der Waals surface area contributed by atoms with Crippen LogP contribution in [0.2, 0.25) is 0 Å². The van der Waals surface area contributed by atoms with E-state index in [-0.39, 0.29) is 5.76 Å². The molecule has 0 atom stereocenters.